The number of esters is 2. The molecule has 1 N–H and O–H groups in total. The first kappa shape index (κ1) is 24.3. The monoisotopic (exact) mass is 472 g/mol. The van der Waals surface area contributed by atoms with Crippen LogP contribution in [-0.4, -0.2) is 32.1 Å². The van der Waals surface area contributed by atoms with Crippen LogP contribution in [0.25, 0.3) is 0 Å². The lowest BCUT2D eigenvalue weighted by Crippen LogP contribution is -2.27. The fourth-order valence-electron chi connectivity index (χ4n) is 3.12. The van der Waals surface area contributed by atoms with Crippen LogP contribution >= 0.6 is 0 Å². The molecule has 0 fully saturated rings. The molecule has 0 radical (unpaired) electrons. The molecule has 2 aromatic rings. The normalized spacial score (nSPS) is 13.4. The van der Waals surface area contributed by atoms with E-state index in [1.54, 1.807) is 12.2 Å². The average molecular weight is 472 g/mol. The number of ether oxygens (including phenoxy) is 2. The van der Waals surface area contributed by atoms with E-state index in [0.29, 0.717) is 5.69 Å². The molecule has 0 unspecified atom stereocenters. The maximum atomic E-state index is 12.9. The number of nitrogens with zero attached hydrogens (tertiary/aromatic N) is 1. The number of nitrogens with one attached hydrogen (secondary N) is 1. The van der Waals surface area contributed by atoms with Gasteiger partial charge in [-0.15, -0.1) is 0 Å². The minimum Gasteiger partial charge on any atom is -0.465 e. The van der Waals surface area contributed by atoms with Crippen LogP contribution in [0.4, 0.5) is 24.5 Å². The first-order valence-corrected chi connectivity index (χ1v) is 9.79. The lowest BCUT2D eigenvalue weighted by atomic mass is 10.1. The number of benzene rings is 2. The van der Waals surface area contributed by atoms with Gasteiger partial charge in [0, 0.05) is 23.1 Å². The lowest BCUT2D eigenvalue weighted by molar-refractivity contribution is -0.139. The van der Waals surface area contributed by atoms with E-state index in [-0.39, 0.29) is 22.5 Å². The van der Waals surface area contributed by atoms with E-state index in [9.17, 15) is 27.6 Å². The summed E-state index contributed by atoms with van der Waals surface area (Å²) in [5.74, 6) is -2.16. The third-order valence-corrected chi connectivity index (χ3v) is 4.74. The van der Waals surface area contributed by atoms with E-state index in [1.165, 1.54) is 67.8 Å². The number of methoxy groups -OCH3 is 2. The highest BCUT2D eigenvalue weighted by Gasteiger charge is 2.30. The number of halogens is 3. The van der Waals surface area contributed by atoms with Gasteiger partial charge in [0.05, 0.1) is 25.4 Å². The number of anilines is 2. The summed E-state index contributed by atoms with van der Waals surface area (Å²) in [4.78, 5) is 38.6. The molecule has 1 aliphatic heterocycles. The zero-order valence-electron chi connectivity index (χ0n) is 18.1. The number of carbonyl (C=O) groups excluding carboxylic acids is 3. The molecule has 2 aromatic carbocycles. The molecule has 0 bridgehead atoms. The average Bonchev–Trinajstić information content (AvgIpc) is 3.06. The van der Waals surface area contributed by atoms with E-state index in [2.05, 4.69) is 5.32 Å². The Labute approximate surface area is 192 Å². The van der Waals surface area contributed by atoms with Crippen molar-refractivity contribution >= 4 is 29.2 Å². The standard InChI is InChI=1S/C24H19F3N2O5/c1-33-22(31)19-8-3-4-13-29(20(19)23(32)34-2)18-11-9-15(10-12-18)21(30)28-17-7-5-6-16(14-17)24(25,26)27/h3-14H,1-2H3,(H,28,30). The van der Waals surface area contributed by atoms with Crippen LogP contribution in [-0.2, 0) is 25.2 Å². The Hall–Kier alpha value is -4.34. The fraction of sp³-hybridized carbons (Fsp3) is 0.125. The van der Waals surface area contributed by atoms with Crippen LogP contribution in [0.15, 0.2) is 84.2 Å². The molecular formula is C24H19F3N2O5. The summed E-state index contributed by atoms with van der Waals surface area (Å²) in [6.07, 6.45) is 1.53. The zero-order valence-corrected chi connectivity index (χ0v) is 18.1. The fourth-order valence-corrected chi connectivity index (χ4v) is 3.12. The molecule has 176 valence electrons. The first-order chi connectivity index (χ1) is 16.2. The number of rotatable bonds is 5. The van der Waals surface area contributed by atoms with E-state index in [0.717, 1.165) is 12.1 Å². The van der Waals surface area contributed by atoms with Crippen molar-refractivity contribution in [1.82, 2.24) is 0 Å². The molecule has 10 heteroatoms. The maximum Gasteiger partial charge on any atom is 0.416 e. The third kappa shape index (κ3) is 5.34. The molecule has 7 nitrogen and oxygen atoms in total. The topological polar surface area (TPSA) is 84.9 Å². The number of allylic oxidation sites excluding steroid dienone is 2. The number of amides is 1. The molecule has 0 saturated heterocycles. The quantitative estimate of drug-likeness (QED) is 0.648. The Morgan fingerprint density at radius 2 is 1.59 bits per heavy atom. The maximum absolute atomic E-state index is 12.9. The largest absolute Gasteiger partial charge is 0.465 e. The summed E-state index contributed by atoms with van der Waals surface area (Å²) < 4.78 is 48.3. The van der Waals surface area contributed by atoms with Gasteiger partial charge in [0.2, 0.25) is 0 Å². The predicted molar refractivity (Wildman–Crippen MR) is 118 cm³/mol. The van der Waals surface area contributed by atoms with Crippen molar-refractivity contribution in [2.45, 2.75) is 6.18 Å². The molecular weight excluding hydrogens is 453 g/mol. The minimum absolute atomic E-state index is 0.0101. The Morgan fingerprint density at radius 1 is 0.912 bits per heavy atom. The van der Waals surface area contributed by atoms with Crippen molar-refractivity contribution in [3.05, 3.63) is 95.4 Å². The van der Waals surface area contributed by atoms with Crippen molar-refractivity contribution in [1.29, 1.82) is 0 Å². The molecule has 0 aromatic heterocycles. The predicted octanol–water partition coefficient (Wildman–Crippen LogP) is 4.45. The van der Waals surface area contributed by atoms with Gasteiger partial charge in [0.15, 0.2) is 0 Å². The van der Waals surface area contributed by atoms with Gasteiger partial charge in [-0.3, -0.25) is 4.79 Å². The van der Waals surface area contributed by atoms with Crippen molar-refractivity contribution in [2.24, 2.45) is 0 Å². The van der Waals surface area contributed by atoms with Gasteiger partial charge < -0.3 is 19.7 Å². The van der Waals surface area contributed by atoms with Gasteiger partial charge in [-0.2, -0.15) is 13.2 Å². The van der Waals surface area contributed by atoms with Crippen LogP contribution in [0.2, 0.25) is 0 Å². The molecule has 0 atom stereocenters. The van der Waals surface area contributed by atoms with Crippen molar-refractivity contribution in [3.63, 3.8) is 0 Å². The number of carbonyl (C=O) groups is 3. The second kappa shape index (κ2) is 10.1. The van der Waals surface area contributed by atoms with Crippen LogP contribution in [0.3, 0.4) is 0 Å². The number of hydrogen-bond acceptors (Lipinski definition) is 6. The Morgan fingerprint density at radius 3 is 2.21 bits per heavy atom. The molecule has 0 aliphatic carbocycles. The van der Waals surface area contributed by atoms with Crippen LogP contribution < -0.4 is 10.2 Å². The summed E-state index contributed by atoms with van der Waals surface area (Å²) >= 11 is 0. The Balaban J connectivity index is 1.89. The van der Waals surface area contributed by atoms with Crippen LogP contribution in [0, 0.1) is 0 Å². The van der Waals surface area contributed by atoms with Gasteiger partial charge >= 0.3 is 18.1 Å². The lowest BCUT2D eigenvalue weighted by Gasteiger charge is -2.23. The molecule has 1 amide bonds. The summed E-state index contributed by atoms with van der Waals surface area (Å²) in [5.41, 5.74) is -0.451. The molecule has 34 heavy (non-hydrogen) atoms. The summed E-state index contributed by atoms with van der Waals surface area (Å²) in [6.45, 7) is 0. The third-order valence-electron chi connectivity index (χ3n) is 4.74. The van der Waals surface area contributed by atoms with E-state index >= 15 is 0 Å². The zero-order chi connectivity index (χ0) is 24.9. The summed E-state index contributed by atoms with van der Waals surface area (Å²) in [6, 6.07) is 10.2. The highest BCUT2D eigenvalue weighted by molar-refractivity contribution is 6.06. The molecule has 1 aliphatic rings. The van der Waals surface area contributed by atoms with Crippen LogP contribution in [0.5, 0.6) is 0 Å². The Bertz CT molecular complexity index is 1200. The Kier molecular flexibility index (Phi) is 7.20. The molecule has 0 spiro atoms. The van der Waals surface area contributed by atoms with Crippen LogP contribution in [0.1, 0.15) is 15.9 Å². The van der Waals surface area contributed by atoms with Crippen molar-refractivity contribution < 1.29 is 37.0 Å². The van der Waals surface area contributed by atoms with Gasteiger partial charge in [-0.05, 0) is 54.6 Å². The summed E-state index contributed by atoms with van der Waals surface area (Å²) in [7, 11) is 2.35. The molecule has 0 saturated carbocycles. The second-order valence-electron chi connectivity index (χ2n) is 6.90. The summed E-state index contributed by atoms with van der Waals surface area (Å²) in [5, 5.41) is 2.42. The highest BCUT2D eigenvalue weighted by atomic mass is 19.4. The highest BCUT2D eigenvalue weighted by Crippen LogP contribution is 2.31. The SMILES string of the molecule is COC(=O)C1=C(C(=O)OC)N(c2ccc(C(=O)Nc3cccc(C(F)(F)F)c3)cc2)C=CC=C1. The van der Waals surface area contributed by atoms with Gasteiger partial charge in [0.25, 0.3) is 5.91 Å². The molecule has 3 rings (SSSR count). The number of alkyl halides is 3. The van der Waals surface area contributed by atoms with Crippen molar-refractivity contribution in [3.8, 4) is 0 Å². The van der Waals surface area contributed by atoms with E-state index < -0.39 is 29.6 Å². The molecule has 1 heterocycles. The smallest absolute Gasteiger partial charge is 0.416 e. The first-order valence-electron chi connectivity index (χ1n) is 9.79. The van der Waals surface area contributed by atoms with Gasteiger partial charge in [-0.25, -0.2) is 9.59 Å². The van der Waals surface area contributed by atoms with Crippen molar-refractivity contribution in [2.75, 3.05) is 24.4 Å². The van der Waals surface area contributed by atoms with Gasteiger partial charge in [0.1, 0.15) is 5.70 Å². The minimum atomic E-state index is -4.54. The van der Waals surface area contributed by atoms with E-state index in [4.69, 9.17) is 9.47 Å². The van der Waals surface area contributed by atoms with E-state index in [1.807, 2.05) is 0 Å². The van der Waals surface area contributed by atoms with Gasteiger partial charge in [-0.1, -0.05) is 12.1 Å². The number of hydrogen-bond donors (Lipinski definition) is 1. The second-order valence-corrected chi connectivity index (χ2v) is 6.90.